The van der Waals surface area contributed by atoms with E-state index in [2.05, 4.69) is 4.98 Å². The zero-order chi connectivity index (χ0) is 9.97. The molecule has 0 unspecified atom stereocenters. The number of aldehydes is 1. The first-order chi connectivity index (χ1) is 6.79. The Hall–Kier alpha value is -1.07. The Bertz CT molecular complexity index is 447. The van der Waals surface area contributed by atoms with Crippen LogP contribution < -0.4 is 0 Å². The van der Waals surface area contributed by atoms with Crippen LogP contribution in [-0.2, 0) is 7.05 Å². The maximum absolute atomic E-state index is 10.5. The Kier molecular flexibility index (Phi) is 2.69. The topological polar surface area (TPSA) is 34.9 Å². The summed E-state index contributed by atoms with van der Waals surface area (Å²) in [5, 5.41) is 2.89. The zero-order valence-electron chi connectivity index (χ0n) is 7.51. The lowest BCUT2D eigenvalue weighted by molar-refractivity contribution is 0.112. The van der Waals surface area contributed by atoms with Crippen molar-refractivity contribution in [1.29, 1.82) is 0 Å². The summed E-state index contributed by atoms with van der Waals surface area (Å²) >= 11 is 3.01. The van der Waals surface area contributed by atoms with Crippen LogP contribution in [0.1, 0.15) is 9.67 Å². The van der Waals surface area contributed by atoms with Crippen LogP contribution in [0.15, 0.2) is 33.9 Å². The van der Waals surface area contributed by atoms with E-state index in [0.717, 1.165) is 21.2 Å². The zero-order valence-corrected chi connectivity index (χ0v) is 9.14. The van der Waals surface area contributed by atoms with Crippen LogP contribution >= 0.6 is 23.1 Å². The van der Waals surface area contributed by atoms with Gasteiger partial charge in [-0.2, -0.15) is 0 Å². The van der Waals surface area contributed by atoms with Gasteiger partial charge in [0.1, 0.15) is 0 Å². The Morgan fingerprint density at radius 1 is 1.64 bits per heavy atom. The number of imidazole rings is 1. The van der Waals surface area contributed by atoms with Crippen LogP contribution in [0.2, 0.25) is 0 Å². The largest absolute Gasteiger partial charge is 0.329 e. The summed E-state index contributed by atoms with van der Waals surface area (Å²) in [7, 11) is 1.95. The predicted octanol–water partition coefficient (Wildman–Crippen LogP) is 2.45. The minimum Gasteiger partial charge on any atom is -0.329 e. The SMILES string of the molecule is Cn1ccnc1Sc1csc(C=O)c1. The molecule has 0 aliphatic heterocycles. The fraction of sp³-hybridized carbons (Fsp3) is 0.111. The van der Waals surface area contributed by atoms with Gasteiger partial charge >= 0.3 is 0 Å². The molecule has 2 rings (SSSR count). The van der Waals surface area contributed by atoms with Gasteiger partial charge in [0.25, 0.3) is 0 Å². The molecule has 0 aliphatic rings. The molecule has 2 heterocycles. The van der Waals surface area contributed by atoms with Gasteiger partial charge in [0.05, 0.1) is 4.88 Å². The highest BCUT2D eigenvalue weighted by Gasteiger charge is 2.04. The molecule has 72 valence electrons. The van der Waals surface area contributed by atoms with E-state index in [1.165, 1.54) is 11.3 Å². The Morgan fingerprint density at radius 3 is 3.07 bits per heavy atom. The van der Waals surface area contributed by atoms with Crippen molar-refractivity contribution in [1.82, 2.24) is 9.55 Å². The van der Waals surface area contributed by atoms with Gasteiger partial charge < -0.3 is 4.57 Å². The van der Waals surface area contributed by atoms with Crippen molar-refractivity contribution < 1.29 is 4.79 Å². The summed E-state index contributed by atoms with van der Waals surface area (Å²) in [6.45, 7) is 0. The van der Waals surface area contributed by atoms with Gasteiger partial charge in [-0.3, -0.25) is 4.79 Å². The van der Waals surface area contributed by atoms with E-state index in [1.54, 1.807) is 18.0 Å². The van der Waals surface area contributed by atoms with Gasteiger partial charge in [-0.25, -0.2) is 4.98 Å². The second-order valence-electron chi connectivity index (χ2n) is 2.73. The molecule has 0 aliphatic carbocycles. The molecule has 5 heteroatoms. The third kappa shape index (κ3) is 1.88. The second kappa shape index (κ2) is 3.98. The summed E-state index contributed by atoms with van der Waals surface area (Å²) in [5.74, 6) is 0. The van der Waals surface area contributed by atoms with Crippen LogP contribution in [-0.4, -0.2) is 15.8 Å². The summed E-state index contributed by atoms with van der Waals surface area (Å²) < 4.78 is 1.95. The van der Waals surface area contributed by atoms with Crippen molar-refractivity contribution in [3.05, 3.63) is 28.7 Å². The fourth-order valence-electron chi connectivity index (χ4n) is 1.01. The van der Waals surface area contributed by atoms with E-state index in [0.29, 0.717) is 0 Å². The second-order valence-corrected chi connectivity index (χ2v) is 4.71. The van der Waals surface area contributed by atoms with Gasteiger partial charge in [-0.05, 0) is 6.07 Å². The minimum absolute atomic E-state index is 0.752. The number of hydrogen-bond donors (Lipinski definition) is 0. The molecule has 0 atom stereocenters. The van der Waals surface area contributed by atoms with E-state index in [1.807, 2.05) is 29.3 Å². The van der Waals surface area contributed by atoms with Gasteiger partial charge in [0, 0.05) is 29.7 Å². The number of hydrogen-bond acceptors (Lipinski definition) is 4. The van der Waals surface area contributed by atoms with Crippen LogP contribution in [0.5, 0.6) is 0 Å². The number of carbonyl (C=O) groups excluding carboxylic acids is 1. The van der Waals surface area contributed by atoms with Gasteiger partial charge in [0.15, 0.2) is 11.4 Å². The molecular weight excluding hydrogens is 216 g/mol. The lowest BCUT2D eigenvalue weighted by Gasteiger charge is -1.97. The number of aryl methyl sites for hydroxylation is 1. The molecule has 2 aromatic rings. The first kappa shape index (κ1) is 9.48. The van der Waals surface area contributed by atoms with Crippen molar-refractivity contribution in [3.8, 4) is 0 Å². The van der Waals surface area contributed by atoms with E-state index in [9.17, 15) is 4.79 Å². The Balaban J connectivity index is 2.18. The summed E-state index contributed by atoms with van der Waals surface area (Å²) in [4.78, 5) is 16.5. The number of carbonyl (C=O) groups is 1. The molecule has 14 heavy (non-hydrogen) atoms. The average molecular weight is 224 g/mol. The van der Waals surface area contributed by atoms with E-state index >= 15 is 0 Å². The monoisotopic (exact) mass is 224 g/mol. The van der Waals surface area contributed by atoms with Gasteiger partial charge in [-0.1, -0.05) is 11.8 Å². The normalized spacial score (nSPS) is 10.4. The van der Waals surface area contributed by atoms with Crippen LogP contribution in [0.3, 0.4) is 0 Å². The first-order valence-electron chi connectivity index (χ1n) is 3.98. The molecule has 0 N–H and O–H groups in total. The molecule has 0 saturated carbocycles. The van der Waals surface area contributed by atoms with Crippen molar-refractivity contribution in [3.63, 3.8) is 0 Å². The van der Waals surface area contributed by atoms with Gasteiger partial charge in [-0.15, -0.1) is 11.3 Å². The molecule has 0 fully saturated rings. The Labute approximate surface area is 89.8 Å². The highest BCUT2D eigenvalue weighted by atomic mass is 32.2. The summed E-state index contributed by atoms with van der Waals surface area (Å²) in [6.07, 6.45) is 4.53. The molecule has 0 aromatic carbocycles. The molecule has 0 bridgehead atoms. The summed E-state index contributed by atoms with van der Waals surface area (Å²) in [5.41, 5.74) is 0. The van der Waals surface area contributed by atoms with Crippen molar-refractivity contribution >= 4 is 29.4 Å². The van der Waals surface area contributed by atoms with E-state index < -0.39 is 0 Å². The van der Waals surface area contributed by atoms with Crippen molar-refractivity contribution in [2.24, 2.45) is 7.05 Å². The maximum atomic E-state index is 10.5. The number of nitrogens with zero attached hydrogens (tertiary/aromatic N) is 2. The molecule has 0 spiro atoms. The smallest absolute Gasteiger partial charge is 0.172 e. The fourth-order valence-corrected chi connectivity index (χ4v) is 2.70. The lowest BCUT2D eigenvalue weighted by atomic mass is 10.5. The highest BCUT2D eigenvalue weighted by Crippen LogP contribution is 2.29. The molecule has 0 radical (unpaired) electrons. The standard InChI is InChI=1S/C9H8N2OS2/c1-11-3-2-10-9(11)14-8-4-7(5-12)13-6-8/h2-6H,1H3. The number of rotatable bonds is 3. The van der Waals surface area contributed by atoms with Crippen LogP contribution in [0, 0.1) is 0 Å². The molecule has 0 amide bonds. The first-order valence-corrected chi connectivity index (χ1v) is 5.68. The number of aromatic nitrogens is 2. The minimum atomic E-state index is 0.752. The third-order valence-electron chi connectivity index (χ3n) is 1.70. The van der Waals surface area contributed by atoms with Crippen molar-refractivity contribution in [2.75, 3.05) is 0 Å². The average Bonchev–Trinajstić information content (AvgIpc) is 2.77. The molecule has 2 aromatic heterocycles. The van der Waals surface area contributed by atoms with Crippen LogP contribution in [0.25, 0.3) is 0 Å². The molecular formula is C9H8N2OS2. The summed E-state index contributed by atoms with van der Waals surface area (Å²) in [6, 6.07) is 1.87. The lowest BCUT2D eigenvalue weighted by Crippen LogP contribution is -1.87. The predicted molar refractivity (Wildman–Crippen MR) is 57.0 cm³/mol. The van der Waals surface area contributed by atoms with Crippen molar-refractivity contribution in [2.45, 2.75) is 10.1 Å². The van der Waals surface area contributed by atoms with Crippen LogP contribution in [0.4, 0.5) is 0 Å². The van der Waals surface area contributed by atoms with E-state index in [-0.39, 0.29) is 0 Å². The third-order valence-corrected chi connectivity index (χ3v) is 3.75. The highest BCUT2D eigenvalue weighted by molar-refractivity contribution is 7.99. The quantitative estimate of drug-likeness (QED) is 0.751. The number of thiophene rings is 1. The molecule has 3 nitrogen and oxygen atoms in total. The Morgan fingerprint density at radius 2 is 2.50 bits per heavy atom. The van der Waals surface area contributed by atoms with E-state index in [4.69, 9.17) is 0 Å². The maximum Gasteiger partial charge on any atom is 0.172 e. The molecule has 0 saturated heterocycles. The van der Waals surface area contributed by atoms with Gasteiger partial charge in [0.2, 0.25) is 0 Å².